The van der Waals surface area contributed by atoms with Crippen molar-refractivity contribution in [1.29, 1.82) is 0 Å². The minimum atomic E-state index is 0.712. The van der Waals surface area contributed by atoms with Crippen LogP contribution in [-0.2, 0) is 6.54 Å². The van der Waals surface area contributed by atoms with Gasteiger partial charge in [0.15, 0.2) is 0 Å². The van der Waals surface area contributed by atoms with E-state index < -0.39 is 0 Å². The summed E-state index contributed by atoms with van der Waals surface area (Å²) < 4.78 is 0.909. The highest BCUT2D eigenvalue weighted by Gasteiger charge is 2.00. The van der Waals surface area contributed by atoms with Crippen LogP contribution in [0, 0.1) is 0 Å². The van der Waals surface area contributed by atoms with Gasteiger partial charge in [-0.2, -0.15) is 0 Å². The van der Waals surface area contributed by atoms with Gasteiger partial charge in [0.1, 0.15) is 0 Å². The first-order chi connectivity index (χ1) is 10.7. The van der Waals surface area contributed by atoms with Crippen LogP contribution in [0.25, 0.3) is 11.1 Å². The van der Waals surface area contributed by atoms with Crippen LogP contribution in [0.15, 0.2) is 77.3 Å². The molecule has 0 saturated carbocycles. The van der Waals surface area contributed by atoms with E-state index in [2.05, 4.69) is 69.8 Å². The fraction of sp³-hybridized carbons (Fsp3) is 0.0526. The van der Waals surface area contributed by atoms with Gasteiger partial charge in [-0.05, 0) is 50.8 Å². The van der Waals surface area contributed by atoms with E-state index in [1.54, 1.807) is 0 Å². The van der Waals surface area contributed by atoms with Gasteiger partial charge in [-0.15, -0.1) is 0 Å². The van der Waals surface area contributed by atoms with Crippen molar-refractivity contribution in [2.45, 2.75) is 6.54 Å². The molecular weight excluding hydrogens is 358 g/mol. The fourth-order valence-electron chi connectivity index (χ4n) is 2.26. The number of nitrogens with one attached hydrogen (secondary N) is 1. The summed E-state index contributed by atoms with van der Waals surface area (Å²) in [7, 11) is 0. The zero-order chi connectivity index (χ0) is 15.4. The van der Waals surface area contributed by atoms with Gasteiger partial charge in [0, 0.05) is 16.7 Å². The molecule has 1 N–H and O–H groups in total. The Morgan fingerprint density at radius 2 is 1.50 bits per heavy atom. The second-order valence-electron chi connectivity index (χ2n) is 5.05. The fourth-order valence-corrected chi connectivity index (χ4v) is 2.68. The van der Waals surface area contributed by atoms with Crippen LogP contribution >= 0.6 is 27.5 Å². The second kappa shape index (κ2) is 6.99. The monoisotopic (exact) mass is 371 g/mol. The average molecular weight is 373 g/mol. The van der Waals surface area contributed by atoms with Crippen molar-refractivity contribution >= 4 is 33.2 Å². The van der Waals surface area contributed by atoms with E-state index in [1.807, 2.05) is 24.3 Å². The number of rotatable bonds is 4. The first kappa shape index (κ1) is 15.1. The van der Waals surface area contributed by atoms with Gasteiger partial charge >= 0.3 is 0 Å². The minimum absolute atomic E-state index is 0.712. The molecular formula is C19H15BrClN. The molecule has 3 heteroatoms. The minimum Gasteiger partial charge on any atom is -0.381 e. The molecule has 0 atom stereocenters. The Balaban J connectivity index is 1.67. The first-order valence-electron chi connectivity index (χ1n) is 7.06. The molecule has 0 heterocycles. The van der Waals surface area contributed by atoms with Gasteiger partial charge in [0.25, 0.3) is 0 Å². The Kier molecular flexibility index (Phi) is 4.81. The molecule has 110 valence electrons. The molecule has 0 fully saturated rings. The summed E-state index contributed by atoms with van der Waals surface area (Å²) >= 11 is 9.49. The molecule has 3 aromatic carbocycles. The van der Waals surface area contributed by atoms with Crippen LogP contribution in [0.3, 0.4) is 0 Å². The zero-order valence-corrected chi connectivity index (χ0v) is 14.2. The van der Waals surface area contributed by atoms with E-state index in [-0.39, 0.29) is 0 Å². The number of anilines is 1. The van der Waals surface area contributed by atoms with Gasteiger partial charge in [-0.3, -0.25) is 0 Å². The van der Waals surface area contributed by atoms with Crippen molar-refractivity contribution < 1.29 is 0 Å². The molecule has 3 rings (SSSR count). The number of hydrogen-bond donors (Lipinski definition) is 1. The molecule has 0 aliphatic heterocycles. The van der Waals surface area contributed by atoms with Crippen LogP contribution in [0.2, 0.25) is 5.02 Å². The molecule has 0 aliphatic rings. The lowest BCUT2D eigenvalue weighted by atomic mass is 10.0. The van der Waals surface area contributed by atoms with Crippen molar-refractivity contribution in [2.24, 2.45) is 0 Å². The van der Waals surface area contributed by atoms with E-state index in [1.165, 1.54) is 16.7 Å². The van der Waals surface area contributed by atoms with Crippen molar-refractivity contribution in [2.75, 3.05) is 5.32 Å². The summed E-state index contributed by atoms with van der Waals surface area (Å²) in [6.45, 7) is 0.771. The van der Waals surface area contributed by atoms with Crippen LogP contribution < -0.4 is 5.32 Å². The van der Waals surface area contributed by atoms with Gasteiger partial charge < -0.3 is 5.32 Å². The first-order valence-corrected chi connectivity index (χ1v) is 8.23. The Morgan fingerprint density at radius 3 is 2.18 bits per heavy atom. The zero-order valence-electron chi connectivity index (χ0n) is 11.9. The largest absolute Gasteiger partial charge is 0.381 e. The summed E-state index contributed by atoms with van der Waals surface area (Å²) in [4.78, 5) is 0. The smallest absolute Gasteiger partial charge is 0.0568 e. The van der Waals surface area contributed by atoms with Gasteiger partial charge in [-0.1, -0.05) is 66.2 Å². The summed E-state index contributed by atoms with van der Waals surface area (Å²) in [6, 6.07) is 24.9. The lowest BCUT2D eigenvalue weighted by Gasteiger charge is -2.09. The van der Waals surface area contributed by atoms with Crippen LogP contribution in [0.5, 0.6) is 0 Å². The van der Waals surface area contributed by atoms with Crippen molar-refractivity contribution in [3.05, 3.63) is 87.9 Å². The average Bonchev–Trinajstić information content (AvgIpc) is 2.57. The number of halogens is 2. The highest BCUT2D eigenvalue weighted by molar-refractivity contribution is 9.10. The standard InChI is InChI=1S/C19H15BrClN/c20-18-11-10-17(12-19(18)21)22-13-14-6-8-16(9-7-14)15-4-2-1-3-5-15/h1-12,22H,13H2. The molecule has 0 unspecified atom stereocenters. The van der Waals surface area contributed by atoms with E-state index in [0.29, 0.717) is 5.02 Å². The van der Waals surface area contributed by atoms with Gasteiger partial charge in [0.05, 0.1) is 5.02 Å². The summed E-state index contributed by atoms with van der Waals surface area (Å²) in [5.41, 5.74) is 4.72. The van der Waals surface area contributed by atoms with Crippen molar-refractivity contribution in [3.8, 4) is 11.1 Å². The normalized spacial score (nSPS) is 10.5. The van der Waals surface area contributed by atoms with Crippen LogP contribution in [0.4, 0.5) is 5.69 Å². The highest BCUT2D eigenvalue weighted by Crippen LogP contribution is 2.26. The molecule has 22 heavy (non-hydrogen) atoms. The van der Waals surface area contributed by atoms with Gasteiger partial charge in [0.2, 0.25) is 0 Å². The van der Waals surface area contributed by atoms with Crippen LogP contribution in [0.1, 0.15) is 5.56 Å². The summed E-state index contributed by atoms with van der Waals surface area (Å²) in [5, 5.41) is 4.10. The highest BCUT2D eigenvalue weighted by atomic mass is 79.9. The third-order valence-corrected chi connectivity index (χ3v) is 4.71. The lowest BCUT2D eigenvalue weighted by molar-refractivity contribution is 1.15. The third kappa shape index (κ3) is 3.70. The van der Waals surface area contributed by atoms with Gasteiger partial charge in [-0.25, -0.2) is 0 Å². The number of hydrogen-bond acceptors (Lipinski definition) is 1. The quantitative estimate of drug-likeness (QED) is 0.560. The molecule has 0 bridgehead atoms. The lowest BCUT2D eigenvalue weighted by Crippen LogP contribution is -1.99. The Hall–Kier alpha value is -1.77. The maximum Gasteiger partial charge on any atom is 0.0568 e. The van der Waals surface area contributed by atoms with E-state index >= 15 is 0 Å². The molecule has 0 aliphatic carbocycles. The van der Waals surface area contributed by atoms with E-state index in [4.69, 9.17) is 11.6 Å². The van der Waals surface area contributed by atoms with Crippen LogP contribution in [-0.4, -0.2) is 0 Å². The molecule has 0 radical (unpaired) electrons. The Morgan fingerprint density at radius 1 is 0.818 bits per heavy atom. The predicted molar refractivity (Wildman–Crippen MR) is 98.4 cm³/mol. The van der Waals surface area contributed by atoms with Crippen molar-refractivity contribution in [1.82, 2.24) is 0 Å². The molecule has 0 amide bonds. The Bertz CT molecular complexity index is 754. The molecule has 0 aromatic heterocycles. The molecule has 1 nitrogen and oxygen atoms in total. The maximum atomic E-state index is 6.10. The van der Waals surface area contributed by atoms with E-state index in [0.717, 1.165) is 16.7 Å². The predicted octanol–water partition coefficient (Wildman–Crippen LogP) is 6.38. The van der Waals surface area contributed by atoms with E-state index in [9.17, 15) is 0 Å². The summed E-state index contributed by atoms with van der Waals surface area (Å²) in [6.07, 6.45) is 0. The molecule has 0 saturated heterocycles. The SMILES string of the molecule is Clc1cc(NCc2ccc(-c3ccccc3)cc2)ccc1Br. The number of benzene rings is 3. The topological polar surface area (TPSA) is 12.0 Å². The third-order valence-electron chi connectivity index (χ3n) is 3.48. The summed E-state index contributed by atoms with van der Waals surface area (Å²) in [5.74, 6) is 0. The van der Waals surface area contributed by atoms with Crippen molar-refractivity contribution in [3.63, 3.8) is 0 Å². The molecule has 3 aromatic rings. The molecule has 0 spiro atoms. The maximum absolute atomic E-state index is 6.10. The Labute approximate surface area is 144 Å². The second-order valence-corrected chi connectivity index (χ2v) is 6.31.